The van der Waals surface area contributed by atoms with Crippen molar-refractivity contribution >= 4 is 54.5 Å². The number of nitrogens with zero attached hydrogens (tertiary/aromatic N) is 6. The first-order valence-electron chi connectivity index (χ1n) is 19.9. The van der Waals surface area contributed by atoms with Crippen LogP contribution in [0.5, 0.6) is 0 Å². The Balaban J connectivity index is 1.06. The van der Waals surface area contributed by atoms with Crippen LogP contribution in [-0.2, 0) is 0 Å². The fraction of sp³-hybridized carbons (Fsp3) is 0. The van der Waals surface area contributed by atoms with Crippen LogP contribution in [0.1, 0.15) is 0 Å². The van der Waals surface area contributed by atoms with E-state index in [9.17, 15) is 0 Å². The summed E-state index contributed by atoms with van der Waals surface area (Å²) in [5, 5.41) is 16.2. The molecule has 0 N–H and O–H groups in total. The van der Waals surface area contributed by atoms with E-state index in [4.69, 9.17) is 29.6 Å². The number of para-hydroxylation sites is 2. The highest BCUT2D eigenvalue weighted by Crippen LogP contribution is 2.37. The van der Waals surface area contributed by atoms with Gasteiger partial charge in [-0.25, -0.2) is 15.0 Å². The summed E-state index contributed by atoms with van der Waals surface area (Å²) >= 11 is 0. The highest BCUT2D eigenvalue weighted by molar-refractivity contribution is 6.18. The zero-order valence-electron chi connectivity index (χ0n) is 32.1. The summed E-state index contributed by atoms with van der Waals surface area (Å²) in [5.74, 6) is 1.74. The van der Waals surface area contributed by atoms with Gasteiger partial charge in [0.15, 0.2) is 17.5 Å². The van der Waals surface area contributed by atoms with Crippen molar-refractivity contribution in [2.24, 2.45) is 0 Å². The van der Waals surface area contributed by atoms with Crippen molar-refractivity contribution in [3.8, 4) is 62.1 Å². The van der Waals surface area contributed by atoms with Gasteiger partial charge in [0.05, 0.1) is 5.69 Å². The largest absolute Gasteiger partial charge is 0.456 e. The molecule has 0 bridgehead atoms. The van der Waals surface area contributed by atoms with Gasteiger partial charge in [-0.05, 0) is 105 Å². The lowest BCUT2D eigenvalue weighted by Gasteiger charge is -2.13. The predicted molar refractivity (Wildman–Crippen MR) is 242 cm³/mol. The SMILES string of the molecule is c1ccc(-c2cc(-c3ccccc3)cc(-c3nc(-c4ccc5c(ccc6ccc7nn(-c8ccccc8)nc7c65)c4)nc(-c4ccc5oc6ccccc6c5c4)n3)c2)cc1. The molecule has 0 saturated heterocycles. The maximum absolute atomic E-state index is 6.20. The standard InChI is InChI=1S/C53H32N6O/c1-4-12-33(13-5-1)39-29-40(34-14-6-2-7-15-34)31-41(30-39)53-55-51(54-52(56-53)38-24-27-48-45(32-38)44-18-10-11-19-47(44)60-48)37-22-25-43-36(28-37)21-20-35-23-26-46-50(49(35)43)58-59(57-46)42-16-8-3-9-17-42/h1-32H. The molecule has 7 nitrogen and oxygen atoms in total. The molecule has 3 heterocycles. The molecule has 7 heteroatoms. The molecule has 0 radical (unpaired) electrons. The minimum atomic E-state index is 0.575. The van der Waals surface area contributed by atoms with Crippen LogP contribution in [0.25, 0.3) is 117 Å². The second-order valence-electron chi connectivity index (χ2n) is 15.0. The average molecular weight is 769 g/mol. The first-order valence-corrected chi connectivity index (χ1v) is 19.9. The van der Waals surface area contributed by atoms with E-state index in [1.165, 1.54) is 0 Å². The molecule has 280 valence electrons. The Kier molecular flexibility index (Phi) is 7.71. The molecule has 12 rings (SSSR count). The summed E-state index contributed by atoms with van der Waals surface area (Å²) in [5.41, 5.74) is 11.3. The van der Waals surface area contributed by atoms with Crippen LogP contribution in [-0.4, -0.2) is 29.9 Å². The second-order valence-corrected chi connectivity index (χ2v) is 15.0. The lowest BCUT2D eigenvalue weighted by Crippen LogP contribution is -2.01. The minimum absolute atomic E-state index is 0.575. The van der Waals surface area contributed by atoms with Crippen molar-refractivity contribution in [3.63, 3.8) is 0 Å². The number of hydrogen-bond acceptors (Lipinski definition) is 6. The minimum Gasteiger partial charge on any atom is -0.456 e. The summed E-state index contributed by atoms with van der Waals surface area (Å²) in [4.78, 5) is 17.4. The van der Waals surface area contributed by atoms with Crippen molar-refractivity contribution < 1.29 is 4.42 Å². The lowest BCUT2D eigenvalue weighted by atomic mass is 9.95. The van der Waals surface area contributed by atoms with Crippen molar-refractivity contribution in [3.05, 3.63) is 194 Å². The number of rotatable bonds is 6. The molecule has 0 aliphatic carbocycles. The van der Waals surface area contributed by atoms with E-state index in [1.54, 1.807) is 4.80 Å². The predicted octanol–water partition coefficient (Wildman–Crippen LogP) is 13.1. The Labute approximate surface area is 343 Å². The third-order valence-electron chi connectivity index (χ3n) is 11.3. The molecule has 60 heavy (non-hydrogen) atoms. The molecule has 0 amide bonds. The molecule has 0 fully saturated rings. The lowest BCUT2D eigenvalue weighted by molar-refractivity contribution is 0.669. The maximum atomic E-state index is 6.20. The van der Waals surface area contributed by atoms with E-state index in [2.05, 4.69) is 115 Å². The van der Waals surface area contributed by atoms with Crippen LogP contribution in [0.15, 0.2) is 199 Å². The zero-order chi connectivity index (χ0) is 39.6. The Morgan fingerprint density at radius 1 is 0.350 bits per heavy atom. The Bertz CT molecular complexity index is 3540. The van der Waals surface area contributed by atoms with Crippen LogP contribution in [0.4, 0.5) is 0 Å². The zero-order valence-corrected chi connectivity index (χ0v) is 32.1. The molecule has 9 aromatic carbocycles. The van der Waals surface area contributed by atoms with Gasteiger partial charge >= 0.3 is 0 Å². The fourth-order valence-corrected chi connectivity index (χ4v) is 8.32. The van der Waals surface area contributed by atoms with Crippen LogP contribution < -0.4 is 0 Å². The summed E-state index contributed by atoms with van der Waals surface area (Å²) in [6.45, 7) is 0. The van der Waals surface area contributed by atoms with Crippen molar-refractivity contribution in [2.45, 2.75) is 0 Å². The molecular formula is C53H32N6O. The molecule has 0 aliphatic rings. The van der Waals surface area contributed by atoms with Gasteiger partial charge in [0.2, 0.25) is 0 Å². The summed E-state index contributed by atoms with van der Waals surface area (Å²) in [6.07, 6.45) is 0. The fourth-order valence-electron chi connectivity index (χ4n) is 8.32. The first-order chi connectivity index (χ1) is 29.7. The third kappa shape index (κ3) is 5.79. The van der Waals surface area contributed by atoms with E-state index < -0.39 is 0 Å². The van der Waals surface area contributed by atoms with Crippen molar-refractivity contribution in [1.29, 1.82) is 0 Å². The highest BCUT2D eigenvalue weighted by Gasteiger charge is 2.18. The van der Waals surface area contributed by atoms with E-state index in [-0.39, 0.29) is 0 Å². The van der Waals surface area contributed by atoms with E-state index in [0.717, 1.165) is 99.1 Å². The van der Waals surface area contributed by atoms with Crippen LogP contribution in [0.3, 0.4) is 0 Å². The summed E-state index contributed by atoms with van der Waals surface area (Å²) in [6, 6.07) is 66.7. The number of hydrogen-bond donors (Lipinski definition) is 0. The number of furan rings is 1. The molecule has 0 saturated carbocycles. The van der Waals surface area contributed by atoms with Crippen LogP contribution >= 0.6 is 0 Å². The maximum Gasteiger partial charge on any atom is 0.164 e. The number of benzene rings is 9. The third-order valence-corrected chi connectivity index (χ3v) is 11.3. The molecule has 3 aromatic heterocycles. The van der Waals surface area contributed by atoms with E-state index >= 15 is 0 Å². The van der Waals surface area contributed by atoms with Crippen molar-refractivity contribution in [1.82, 2.24) is 29.9 Å². The Morgan fingerprint density at radius 2 is 0.917 bits per heavy atom. The first kappa shape index (κ1) is 33.8. The molecule has 0 atom stereocenters. The van der Waals surface area contributed by atoms with Crippen LogP contribution in [0.2, 0.25) is 0 Å². The molecule has 0 spiro atoms. The van der Waals surface area contributed by atoms with Crippen molar-refractivity contribution in [2.75, 3.05) is 0 Å². The highest BCUT2D eigenvalue weighted by atomic mass is 16.3. The molecule has 0 aliphatic heterocycles. The summed E-state index contributed by atoms with van der Waals surface area (Å²) < 4.78 is 6.20. The van der Waals surface area contributed by atoms with Gasteiger partial charge in [0.25, 0.3) is 0 Å². The molecular weight excluding hydrogens is 737 g/mol. The van der Waals surface area contributed by atoms with E-state index in [0.29, 0.717) is 17.5 Å². The van der Waals surface area contributed by atoms with Gasteiger partial charge < -0.3 is 4.42 Å². The van der Waals surface area contributed by atoms with Crippen LogP contribution in [0, 0.1) is 0 Å². The topological polar surface area (TPSA) is 82.5 Å². The smallest absolute Gasteiger partial charge is 0.164 e. The molecule has 0 unspecified atom stereocenters. The van der Waals surface area contributed by atoms with E-state index in [1.807, 2.05) is 78.9 Å². The average Bonchev–Trinajstić information content (AvgIpc) is 3.94. The summed E-state index contributed by atoms with van der Waals surface area (Å²) in [7, 11) is 0. The number of fused-ring (bicyclic) bond motifs is 8. The van der Waals surface area contributed by atoms with Gasteiger partial charge in [0.1, 0.15) is 22.2 Å². The molecule has 12 aromatic rings. The van der Waals surface area contributed by atoms with Gasteiger partial charge in [-0.2, -0.15) is 4.80 Å². The Morgan fingerprint density at radius 3 is 1.65 bits per heavy atom. The van der Waals surface area contributed by atoms with Gasteiger partial charge in [-0.15, -0.1) is 10.2 Å². The van der Waals surface area contributed by atoms with Gasteiger partial charge in [-0.3, -0.25) is 0 Å². The second kappa shape index (κ2) is 13.7. The van der Waals surface area contributed by atoms with Gasteiger partial charge in [-0.1, -0.05) is 127 Å². The normalized spacial score (nSPS) is 11.7. The monoisotopic (exact) mass is 768 g/mol. The van der Waals surface area contributed by atoms with Gasteiger partial charge in [0, 0.05) is 32.8 Å². The Hall–Kier alpha value is -8.29. The number of aromatic nitrogens is 6. The quantitative estimate of drug-likeness (QED) is 0.157.